The van der Waals surface area contributed by atoms with Crippen LogP contribution in [0.5, 0.6) is 0 Å². The van der Waals surface area contributed by atoms with E-state index in [9.17, 15) is 0 Å². The largest absolute Gasteiger partial charge is 0.396 e. The predicted molar refractivity (Wildman–Crippen MR) is 99.9 cm³/mol. The second-order valence-electron chi connectivity index (χ2n) is 4.61. The van der Waals surface area contributed by atoms with E-state index in [1.165, 1.54) is 35.4 Å². The van der Waals surface area contributed by atoms with Crippen LogP contribution in [-0.4, -0.2) is 27.1 Å². The molecule has 0 unspecified atom stereocenters. The van der Waals surface area contributed by atoms with Crippen molar-refractivity contribution in [2.75, 3.05) is 13.2 Å². The summed E-state index contributed by atoms with van der Waals surface area (Å²) in [5, 5.41) is 16.9. The van der Waals surface area contributed by atoms with Gasteiger partial charge in [0.15, 0.2) is 0 Å². The fourth-order valence-electron chi connectivity index (χ4n) is 1.79. The Hall–Kier alpha value is 0.213. The Morgan fingerprint density at radius 1 is 0.957 bits per heavy atom. The Morgan fingerprint density at radius 2 is 1.30 bits per heavy atom. The standard InChI is InChI=1S/2C8H11O.C2H4.2ClH.Zr/c2*9-7-3-6-8-4-1-2-5-8;1-2;;;/h2*4-5,9H,1,3,6-7H2;1H,2H3;2*1H;/q2*-1;;;;+2. The molecule has 0 aromatic heterocycles. The SMILES string of the molecule is C[CH]=[Zr+2].Cl.Cl.OCCCC1=CC[C-]=C1.OCCCC1=CC[C-]=C1. The van der Waals surface area contributed by atoms with Crippen LogP contribution < -0.4 is 0 Å². The van der Waals surface area contributed by atoms with Crippen LogP contribution in [0.2, 0.25) is 0 Å². The van der Waals surface area contributed by atoms with Crippen molar-refractivity contribution in [1.29, 1.82) is 0 Å². The van der Waals surface area contributed by atoms with Gasteiger partial charge in [-0.15, -0.1) is 37.7 Å². The van der Waals surface area contributed by atoms with Crippen molar-refractivity contribution in [3.8, 4) is 0 Å². The Balaban J connectivity index is -0.000000277. The molecule has 2 rings (SSSR count). The van der Waals surface area contributed by atoms with Gasteiger partial charge in [-0.05, 0) is 12.8 Å². The second kappa shape index (κ2) is 22.2. The van der Waals surface area contributed by atoms with Gasteiger partial charge in [-0.25, -0.2) is 23.3 Å². The minimum absolute atomic E-state index is 0. The number of halogens is 2. The van der Waals surface area contributed by atoms with E-state index in [4.69, 9.17) is 10.2 Å². The van der Waals surface area contributed by atoms with Gasteiger partial charge >= 0.3 is 34.9 Å². The van der Waals surface area contributed by atoms with E-state index >= 15 is 0 Å². The molecule has 0 aliphatic heterocycles. The van der Waals surface area contributed by atoms with Gasteiger partial charge in [-0.3, -0.25) is 12.2 Å². The van der Waals surface area contributed by atoms with Crippen LogP contribution in [0.25, 0.3) is 0 Å². The van der Waals surface area contributed by atoms with Crippen LogP contribution >= 0.6 is 24.8 Å². The fourth-order valence-corrected chi connectivity index (χ4v) is 1.79. The van der Waals surface area contributed by atoms with Crippen molar-refractivity contribution >= 4 is 28.5 Å². The minimum atomic E-state index is 0. The number of aliphatic hydroxyl groups excluding tert-OH is 2. The van der Waals surface area contributed by atoms with Crippen molar-refractivity contribution in [3.05, 3.63) is 47.6 Å². The van der Waals surface area contributed by atoms with Crippen molar-refractivity contribution < 1.29 is 34.4 Å². The van der Waals surface area contributed by atoms with Gasteiger partial charge in [0.1, 0.15) is 0 Å². The molecule has 23 heavy (non-hydrogen) atoms. The first kappa shape index (κ1) is 28.0. The Labute approximate surface area is 168 Å². The molecule has 0 saturated heterocycles. The molecule has 5 heteroatoms. The first-order valence-electron chi connectivity index (χ1n) is 7.46. The van der Waals surface area contributed by atoms with E-state index in [1.54, 1.807) is 0 Å². The topological polar surface area (TPSA) is 40.5 Å². The monoisotopic (exact) mass is 436 g/mol. The predicted octanol–water partition coefficient (Wildman–Crippen LogP) is 4.10. The fraction of sp³-hybridized carbons (Fsp3) is 0.500. The van der Waals surface area contributed by atoms with Gasteiger partial charge in [0.2, 0.25) is 0 Å². The van der Waals surface area contributed by atoms with Crippen LogP contribution in [0.1, 0.15) is 45.4 Å². The quantitative estimate of drug-likeness (QED) is 0.613. The number of rotatable bonds is 6. The molecule has 0 aromatic rings. The summed E-state index contributed by atoms with van der Waals surface area (Å²) in [6.07, 6.45) is 20.2. The first-order chi connectivity index (χ1) is 10.3. The summed E-state index contributed by atoms with van der Waals surface area (Å²) in [6.45, 7) is 2.63. The Morgan fingerprint density at radius 3 is 1.52 bits per heavy atom. The third kappa shape index (κ3) is 18.4. The zero-order valence-corrected chi connectivity index (χ0v) is 17.8. The molecule has 2 nitrogen and oxygen atoms in total. The summed E-state index contributed by atoms with van der Waals surface area (Å²) < 4.78 is 2.09. The number of aliphatic hydroxyl groups is 2. The molecule has 0 bridgehead atoms. The summed E-state index contributed by atoms with van der Waals surface area (Å²) in [6, 6.07) is 0. The van der Waals surface area contributed by atoms with Crippen molar-refractivity contribution in [2.24, 2.45) is 0 Å². The minimum Gasteiger partial charge on any atom is -0.396 e. The molecule has 2 N–H and O–H groups in total. The maximum atomic E-state index is 8.47. The summed E-state index contributed by atoms with van der Waals surface area (Å²) in [5.74, 6) is 0. The number of hydrogen-bond donors (Lipinski definition) is 2. The molecule has 0 spiro atoms. The zero-order chi connectivity index (χ0) is 15.8. The van der Waals surface area contributed by atoms with Crippen molar-refractivity contribution in [2.45, 2.75) is 45.4 Å². The van der Waals surface area contributed by atoms with Gasteiger partial charge in [-0.1, -0.05) is 12.8 Å². The molecule has 0 heterocycles. The Kier molecular flexibility index (Phi) is 27.1. The smallest absolute Gasteiger partial charge is 0.0420 e. The van der Waals surface area contributed by atoms with E-state index in [2.05, 4.69) is 28.0 Å². The van der Waals surface area contributed by atoms with Gasteiger partial charge in [0, 0.05) is 13.2 Å². The summed E-state index contributed by atoms with van der Waals surface area (Å²) in [4.78, 5) is 0. The molecule has 0 aromatic carbocycles. The van der Waals surface area contributed by atoms with E-state index in [0.717, 1.165) is 38.5 Å². The van der Waals surface area contributed by atoms with Crippen molar-refractivity contribution in [3.63, 3.8) is 0 Å². The number of allylic oxidation sites excluding steroid dienone is 8. The van der Waals surface area contributed by atoms with Gasteiger partial charge in [0.25, 0.3) is 0 Å². The molecule has 0 radical (unpaired) electrons. The molecule has 0 fully saturated rings. The van der Waals surface area contributed by atoms with E-state index in [0.29, 0.717) is 13.2 Å². The molecule has 0 atom stereocenters. The summed E-state index contributed by atoms with van der Waals surface area (Å²) in [5.41, 5.74) is 2.65. The average Bonchev–Trinajstić information content (AvgIpc) is 3.18. The summed E-state index contributed by atoms with van der Waals surface area (Å²) >= 11 is 1.51. The van der Waals surface area contributed by atoms with E-state index in [-0.39, 0.29) is 24.8 Å². The molecule has 0 amide bonds. The van der Waals surface area contributed by atoms with Crippen molar-refractivity contribution in [1.82, 2.24) is 0 Å². The molecule has 2 aliphatic carbocycles. The van der Waals surface area contributed by atoms with E-state index in [1.807, 2.05) is 19.1 Å². The Bertz CT molecular complexity index is 354. The van der Waals surface area contributed by atoms with Crippen LogP contribution in [0.4, 0.5) is 0 Å². The maximum absolute atomic E-state index is 8.47. The molecule has 130 valence electrons. The molecule has 0 saturated carbocycles. The van der Waals surface area contributed by atoms with E-state index < -0.39 is 0 Å². The molecular weight excluding hydrogens is 410 g/mol. The molecule has 2 aliphatic rings. The van der Waals surface area contributed by atoms with Crippen LogP contribution in [0.3, 0.4) is 0 Å². The normalized spacial score (nSPS) is 13.4. The van der Waals surface area contributed by atoms with Gasteiger partial charge in [0.05, 0.1) is 0 Å². The molecular formula is C18H28Cl2O2Zr. The van der Waals surface area contributed by atoms with Crippen LogP contribution in [0, 0.1) is 12.2 Å². The second-order valence-corrected chi connectivity index (χ2v) is 6.03. The zero-order valence-electron chi connectivity index (χ0n) is 13.8. The van der Waals surface area contributed by atoms with Crippen LogP contribution in [-0.2, 0) is 24.2 Å². The third-order valence-corrected chi connectivity index (χ3v) is 2.79. The number of hydrogen-bond acceptors (Lipinski definition) is 2. The van der Waals surface area contributed by atoms with Gasteiger partial charge in [-0.2, -0.15) is 12.2 Å². The first-order valence-corrected chi connectivity index (χ1v) is 8.88. The maximum Gasteiger partial charge on any atom is 0.0420 e. The van der Waals surface area contributed by atoms with Crippen LogP contribution in [0.15, 0.2) is 35.5 Å². The average molecular weight is 439 g/mol. The van der Waals surface area contributed by atoms with Gasteiger partial charge < -0.3 is 10.2 Å². The summed E-state index contributed by atoms with van der Waals surface area (Å²) in [7, 11) is 0. The third-order valence-electron chi connectivity index (χ3n) is 2.79.